The van der Waals surface area contributed by atoms with Gasteiger partial charge in [-0.1, -0.05) is 36.4 Å². The molecule has 0 aliphatic heterocycles. The molecule has 3 aromatic rings. The Bertz CT molecular complexity index is 884. The molecule has 25 heavy (non-hydrogen) atoms. The van der Waals surface area contributed by atoms with Gasteiger partial charge in [0.2, 0.25) is 5.95 Å². The second kappa shape index (κ2) is 7.53. The van der Waals surface area contributed by atoms with Crippen LogP contribution in [-0.2, 0) is 6.54 Å². The first-order chi connectivity index (χ1) is 12.1. The highest BCUT2D eigenvalue weighted by Crippen LogP contribution is 2.15. The molecule has 0 saturated heterocycles. The topological polar surface area (TPSA) is 66.9 Å². The van der Waals surface area contributed by atoms with E-state index in [2.05, 4.69) is 20.6 Å². The van der Waals surface area contributed by atoms with Crippen molar-refractivity contribution in [1.82, 2.24) is 15.3 Å². The molecule has 3 rings (SSSR count). The molecule has 0 radical (unpaired) electrons. The normalized spacial score (nSPS) is 10.3. The van der Waals surface area contributed by atoms with Crippen LogP contribution in [0, 0.1) is 12.7 Å². The smallest absolute Gasteiger partial charge is 0.270 e. The Balaban J connectivity index is 1.73. The molecular formula is C19H17FN4O. The van der Waals surface area contributed by atoms with Gasteiger partial charge in [0.15, 0.2) is 0 Å². The van der Waals surface area contributed by atoms with Crippen molar-refractivity contribution in [3.8, 4) is 0 Å². The summed E-state index contributed by atoms with van der Waals surface area (Å²) in [6.45, 7) is 2.18. The number of rotatable bonds is 5. The number of nitrogens with zero attached hydrogens (tertiary/aromatic N) is 2. The molecule has 5 nitrogen and oxygen atoms in total. The summed E-state index contributed by atoms with van der Waals surface area (Å²) in [6, 6.07) is 17.2. The van der Waals surface area contributed by atoms with Gasteiger partial charge in [-0.05, 0) is 36.8 Å². The molecule has 2 N–H and O–H groups in total. The summed E-state index contributed by atoms with van der Waals surface area (Å²) in [5.41, 5.74) is 2.40. The Hall–Kier alpha value is -3.28. The van der Waals surface area contributed by atoms with Crippen LogP contribution in [0.5, 0.6) is 0 Å². The average molecular weight is 336 g/mol. The quantitative estimate of drug-likeness (QED) is 0.747. The number of aryl methyl sites for hydroxylation is 1. The third kappa shape index (κ3) is 4.60. The largest absolute Gasteiger partial charge is 0.347 e. The summed E-state index contributed by atoms with van der Waals surface area (Å²) in [6.07, 6.45) is 0. The summed E-state index contributed by atoms with van der Waals surface area (Å²) in [5, 5.41) is 5.74. The molecule has 6 heteroatoms. The van der Waals surface area contributed by atoms with Gasteiger partial charge in [0.05, 0.1) is 0 Å². The summed E-state index contributed by atoms with van der Waals surface area (Å²) in [7, 11) is 0. The second-order valence-corrected chi connectivity index (χ2v) is 5.52. The number of aromatic nitrogens is 2. The van der Waals surface area contributed by atoms with Gasteiger partial charge >= 0.3 is 0 Å². The maximum atomic E-state index is 13.3. The summed E-state index contributed by atoms with van der Waals surface area (Å²) in [5.74, 6) is -0.411. The lowest BCUT2D eigenvalue weighted by Gasteiger charge is -2.09. The highest BCUT2D eigenvalue weighted by molar-refractivity contribution is 5.92. The fourth-order valence-corrected chi connectivity index (χ4v) is 2.30. The van der Waals surface area contributed by atoms with E-state index in [0.717, 1.165) is 5.56 Å². The monoisotopic (exact) mass is 336 g/mol. The number of halogens is 1. The number of anilines is 2. The van der Waals surface area contributed by atoms with E-state index >= 15 is 0 Å². The number of nitrogens with one attached hydrogen (secondary N) is 2. The molecule has 0 fully saturated rings. The van der Waals surface area contributed by atoms with Crippen molar-refractivity contribution in [3.05, 3.63) is 83.4 Å². The Morgan fingerprint density at radius 2 is 1.84 bits per heavy atom. The molecule has 0 atom stereocenters. The molecule has 0 aliphatic carbocycles. The molecule has 0 spiro atoms. The van der Waals surface area contributed by atoms with E-state index in [9.17, 15) is 9.18 Å². The van der Waals surface area contributed by atoms with Crippen LogP contribution in [0.4, 0.5) is 16.0 Å². The van der Waals surface area contributed by atoms with Crippen LogP contribution in [0.1, 0.15) is 21.7 Å². The molecule has 1 aromatic heterocycles. The second-order valence-electron chi connectivity index (χ2n) is 5.52. The van der Waals surface area contributed by atoms with E-state index in [4.69, 9.17) is 0 Å². The predicted octanol–water partition coefficient (Wildman–Crippen LogP) is 3.60. The number of carbonyl (C=O) groups excluding carboxylic acids is 1. The summed E-state index contributed by atoms with van der Waals surface area (Å²) in [4.78, 5) is 20.8. The zero-order chi connectivity index (χ0) is 17.6. The standard InChI is InChI=1S/C19H17FN4O/c1-13-10-17(18(25)21-12-14-6-3-2-4-7-14)24-19(22-13)23-16-9-5-8-15(20)11-16/h2-11H,12H2,1H3,(H,21,25)(H,22,23,24). The molecule has 2 aromatic carbocycles. The van der Waals surface area contributed by atoms with Crippen LogP contribution in [0.15, 0.2) is 60.7 Å². The van der Waals surface area contributed by atoms with Crippen molar-refractivity contribution in [2.45, 2.75) is 13.5 Å². The maximum absolute atomic E-state index is 13.3. The Labute approximate surface area is 145 Å². The van der Waals surface area contributed by atoms with Crippen LogP contribution in [0.25, 0.3) is 0 Å². The van der Waals surface area contributed by atoms with Crippen LogP contribution < -0.4 is 10.6 Å². The van der Waals surface area contributed by atoms with Gasteiger partial charge in [-0.15, -0.1) is 0 Å². The Morgan fingerprint density at radius 3 is 2.60 bits per heavy atom. The Kier molecular flexibility index (Phi) is 4.99. The van der Waals surface area contributed by atoms with Gasteiger partial charge in [-0.25, -0.2) is 14.4 Å². The first-order valence-corrected chi connectivity index (χ1v) is 7.80. The van der Waals surface area contributed by atoms with Gasteiger partial charge in [0, 0.05) is 17.9 Å². The lowest BCUT2D eigenvalue weighted by molar-refractivity contribution is 0.0945. The first kappa shape index (κ1) is 16.6. The highest BCUT2D eigenvalue weighted by atomic mass is 19.1. The third-order valence-electron chi connectivity index (χ3n) is 3.46. The highest BCUT2D eigenvalue weighted by Gasteiger charge is 2.11. The van der Waals surface area contributed by atoms with Crippen molar-refractivity contribution >= 4 is 17.5 Å². The SMILES string of the molecule is Cc1cc(C(=O)NCc2ccccc2)nc(Nc2cccc(F)c2)n1. The maximum Gasteiger partial charge on any atom is 0.270 e. The summed E-state index contributed by atoms with van der Waals surface area (Å²) >= 11 is 0. The van der Waals surface area contributed by atoms with Gasteiger partial charge in [-0.2, -0.15) is 0 Å². The van der Waals surface area contributed by atoms with Crippen LogP contribution in [0.2, 0.25) is 0 Å². The van der Waals surface area contributed by atoms with E-state index in [-0.39, 0.29) is 23.4 Å². The van der Waals surface area contributed by atoms with Crippen LogP contribution in [-0.4, -0.2) is 15.9 Å². The van der Waals surface area contributed by atoms with E-state index < -0.39 is 0 Å². The van der Waals surface area contributed by atoms with Crippen LogP contribution in [0.3, 0.4) is 0 Å². The molecule has 0 unspecified atom stereocenters. The number of amides is 1. The van der Waals surface area contributed by atoms with Crippen molar-refractivity contribution in [2.24, 2.45) is 0 Å². The van der Waals surface area contributed by atoms with E-state index in [1.807, 2.05) is 30.3 Å². The van der Waals surface area contributed by atoms with Gasteiger partial charge < -0.3 is 10.6 Å². The average Bonchev–Trinajstić information content (AvgIpc) is 2.60. The van der Waals surface area contributed by atoms with Crippen molar-refractivity contribution in [1.29, 1.82) is 0 Å². The lowest BCUT2D eigenvalue weighted by atomic mass is 10.2. The Morgan fingerprint density at radius 1 is 1.04 bits per heavy atom. The minimum absolute atomic E-state index is 0.246. The fourth-order valence-electron chi connectivity index (χ4n) is 2.30. The zero-order valence-electron chi connectivity index (χ0n) is 13.7. The van der Waals surface area contributed by atoms with Crippen LogP contribution >= 0.6 is 0 Å². The predicted molar refractivity (Wildman–Crippen MR) is 94.1 cm³/mol. The minimum atomic E-state index is -0.363. The molecule has 1 heterocycles. The van der Waals surface area contributed by atoms with Gasteiger partial charge in [0.1, 0.15) is 11.5 Å². The first-order valence-electron chi connectivity index (χ1n) is 7.80. The van der Waals surface area contributed by atoms with E-state index in [0.29, 0.717) is 17.9 Å². The number of benzene rings is 2. The number of hydrogen-bond acceptors (Lipinski definition) is 4. The number of hydrogen-bond donors (Lipinski definition) is 2. The number of carbonyl (C=O) groups is 1. The minimum Gasteiger partial charge on any atom is -0.347 e. The van der Waals surface area contributed by atoms with Crippen molar-refractivity contribution < 1.29 is 9.18 Å². The fraction of sp³-hybridized carbons (Fsp3) is 0.105. The summed E-state index contributed by atoms with van der Waals surface area (Å²) < 4.78 is 13.3. The molecule has 1 amide bonds. The molecular weight excluding hydrogens is 319 g/mol. The molecule has 126 valence electrons. The molecule has 0 saturated carbocycles. The molecule has 0 bridgehead atoms. The zero-order valence-corrected chi connectivity index (χ0v) is 13.7. The van der Waals surface area contributed by atoms with E-state index in [1.54, 1.807) is 25.1 Å². The van der Waals surface area contributed by atoms with Crippen molar-refractivity contribution in [3.63, 3.8) is 0 Å². The van der Waals surface area contributed by atoms with Crippen molar-refractivity contribution in [2.75, 3.05) is 5.32 Å². The molecule has 0 aliphatic rings. The lowest BCUT2D eigenvalue weighted by Crippen LogP contribution is -2.24. The van der Waals surface area contributed by atoms with E-state index in [1.165, 1.54) is 12.1 Å². The van der Waals surface area contributed by atoms with Gasteiger partial charge in [-0.3, -0.25) is 4.79 Å². The van der Waals surface area contributed by atoms with Gasteiger partial charge in [0.25, 0.3) is 5.91 Å². The third-order valence-corrected chi connectivity index (χ3v) is 3.46.